The lowest BCUT2D eigenvalue weighted by molar-refractivity contribution is 0.407. The molecular formula is C16H22ClN3O. The highest BCUT2D eigenvalue weighted by Crippen LogP contribution is 2.25. The van der Waals surface area contributed by atoms with Gasteiger partial charge < -0.3 is 10.1 Å². The molecule has 0 saturated heterocycles. The van der Waals surface area contributed by atoms with Crippen molar-refractivity contribution in [3.63, 3.8) is 0 Å². The van der Waals surface area contributed by atoms with Crippen molar-refractivity contribution in [2.75, 3.05) is 7.11 Å². The molecule has 0 spiro atoms. The molecule has 1 N–H and O–H groups in total. The van der Waals surface area contributed by atoms with Gasteiger partial charge in [0.1, 0.15) is 5.75 Å². The van der Waals surface area contributed by atoms with E-state index < -0.39 is 0 Å². The molecule has 0 aliphatic rings. The molecule has 0 saturated carbocycles. The van der Waals surface area contributed by atoms with Gasteiger partial charge in [0.25, 0.3) is 0 Å². The summed E-state index contributed by atoms with van der Waals surface area (Å²) in [6.07, 6.45) is 0.957. The largest absolute Gasteiger partial charge is 0.496 e. The first-order valence-electron chi connectivity index (χ1n) is 7.27. The third-order valence-corrected chi connectivity index (χ3v) is 3.83. The van der Waals surface area contributed by atoms with E-state index in [1.165, 1.54) is 5.69 Å². The molecule has 5 heteroatoms. The number of ether oxygens (including phenoxy) is 1. The smallest absolute Gasteiger partial charge is 0.124 e. The van der Waals surface area contributed by atoms with E-state index in [1.807, 2.05) is 22.9 Å². The molecule has 0 fully saturated rings. The van der Waals surface area contributed by atoms with Crippen LogP contribution in [0, 0.1) is 0 Å². The highest BCUT2D eigenvalue weighted by atomic mass is 35.5. The van der Waals surface area contributed by atoms with Crippen LogP contribution < -0.4 is 10.1 Å². The molecule has 0 atom stereocenters. The summed E-state index contributed by atoms with van der Waals surface area (Å²) in [5.41, 5.74) is 3.31. The van der Waals surface area contributed by atoms with E-state index in [0.29, 0.717) is 6.54 Å². The first-order valence-corrected chi connectivity index (χ1v) is 7.65. The lowest BCUT2D eigenvalue weighted by Crippen LogP contribution is -2.16. The predicted molar refractivity (Wildman–Crippen MR) is 85.8 cm³/mol. The van der Waals surface area contributed by atoms with Crippen LogP contribution in [0.3, 0.4) is 0 Å². The number of nitrogens with zero attached hydrogens (tertiary/aromatic N) is 2. The van der Waals surface area contributed by atoms with Crippen LogP contribution in [0.5, 0.6) is 5.75 Å². The molecule has 2 rings (SSSR count). The van der Waals surface area contributed by atoms with E-state index in [-0.39, 0.29) is 0 Å². The van der Waals surface area contributed by atoms with Crippen LogP contribution in [0.2, 0.25) is 5.02 Å². The van der Waals surface area contributed by atoms with E-state index >= 15 is 0 Å². The summed E-state index contributed by atoms with van der Waals surface area (Å²) in [5.74, 6) is 0.813. The number of nitrogens with one attached hydrogen (secondary N) is 1. The lowest BCUT2D eigenvalue weighted by Gasteiger charge is -2.11. The first-order chi connectivity index (χ1) is 10.2. The summed E-state index contributed by atoms with van der Waals surface area (Å²) in [5, 5.41) is 8.69. The third kappa shape index (κ3) is 3.77. The van der Waals surface area contributed by atoms with Crippen LogP contribution in [0.15, 0.2) is 24.3 Å². The van der Waals surface area contributed by atoms with Gasteiger partial charge in [-0.2, -0.15) is 5.10 Å². The molecule has 0 unspecified atom stereocenters. The Morgan fingerprint density at radius 3 is 2.76 bits per heavy atom. The highest BCUT2D eigenvalue weighted by Gasteiger charge is 2.09. The normalized spacial score (nSPS) is 10.9. The number of halogens is 1. The summed E-state index contributed by atoms with van der Waals surface area (Å²) in [7, 11) is 1.66. The fraction of sp³-hybridized carbons (Fsp3) is 0.438. The Balaban J connectivity index is 2.03. The second-order valence-corrected chi connectivity index (χ2v) is 5.23. The highest BCUT2D eigenvalue weighted by molar-refractivity contribution is 6.31. The average Bonchev–Trinajstić information content (AvgIpc) is 2.91. The fourth-order valence-corrected chi connectivity index (χ4v) is 2.55. The maximum atomic E-state index is 6.24. The number of methoxy groups -OCH3 is 1. The minimum atomic E-state index is 0.666. The van der Waals surface area contributed by atoms with Gasteiger partial charge in [-0.25, -0.2) is 0 Å². The summed E-state index contributed by atoms with van der Waals surface area (Å²) >= 11 is 6.24. The zero-order valence-electron chi connectivity index (χ0n) is 12.8. The van der Waals surface area contributed by atoms with Crippen molar-refractivity contribution in [2.45, 2.75) is 39.9 Å². The Morgan fingerprint density at radius 2 is 2.10 bits per heavy atom. The minimum Gasteiger partial charge on any atom is -0.496 e. The van der Waals surface area contributed by atoms with Gasteiger partial charge in [-0.3, -0.25) is 4.68 Å². The monoisotopic (exact) mass is 307 g/mol. The van der Waals surface area contributed by atoms with Crippen LogP contribution in [0.4, 0.5) is 0 Å². The Kier molecular flexibility index (Phi) is 5.65. The van der Waals surface area contributed by atoms with Crippen LogP contribution >= 0.6 is 11.6 Å². The van der Waals surface area contributed by atoms with Gasteiger partial charge in [0.2, 0.25) is 0 Å². The molecule has 0 bridgehead atoms. The lowest BCUT2D eigenvalue weighted by atomic mass is 10.2. The van der Waals surface area contributed by atoms with Crippen molar-refractivity contribution in [3.05, 3.63) is 46.2 Å². The zero-order chi connectivity index (χ0) is 15.2. The van der Waals surface area contributed by atoms with Crippen molar-refractivity contribution in [3.8, 4) is 5.75 Å². The third-order valence-electron chi connectivity index (χ3n) is 3.48. The fourth-order valence-electron chi connectivity index (χ4n) is 2.32. The van der Waals surface area contributed by atoms with Crippen molar-refractivity contribution in [1.29, 1.82) is 0 Å². The minimum absolute atomic E-state index is 0.666. The number of aryl methyl sites for hydroxylation is 2. The van der Waals surface area contributed by atoms with Crippen molar-refractivity contribution in [2.24, 2.45) is 0 Å². The number of aromatic nitrogens is 2. The molecule has 0 radical (unpaired) electrons. The standard InChI is InChI=1S/C16H22ClN3O/c1-4-12-9-13(20(5-2)19-12)10-18-11-14-15(17)7-6-8-16(14)21-3/h6-9,18H,4-5,10-11H2,1-3H3. The molecule has 1 aromatic carbocycles. The van der Waals surface area contributed by atoms with E-state index in [9.17, 15) is 0 Å². The van der Waals surface area contributed by atoms with Gasteiger partial charge in [0, 0.05) is 30.2 Å². The van der Waals surface area contributed by atoms with Crippen molar-refractivity contribution >= 4 is 11.6 Å². The number of hydrogen-bond donors (Lipinski definition) is 1. The van der Waals surface area contributed by atoms with E-state index in [0.717, 1.165) is 41.5 Å². The van der Waals surface area contributed by atoms with E-state index in [4.69, 9.17) is 16.3 Å². The van der Waals surface area contributed by atoms with Crippen LogP contribution in [-0.4, -0.2) is 16.9 Å². The summed E-state index contributed by atoms with van der Waals surface area (Å²) in [6, 6.07) is 7.85. The molecule has 114 valence electrons. The number of hydrogen-bond acceptors (Lipinski definition) is 3. The summed E-state index contributed by atoms with van der Waals surface area (Å²) < 4.78 is 7.39. The second-order valence-electron chi connectivity index (χ2n) is 4.82. The molecule has 1 heterocycles. The topological polar surface area (TPSA) is 39.1 Å². The Bertz CT molecular complexity index is 595. The zero-order valence-corrected chi connectivity index (χ0v) is 13.6. The molecule has 21 heavy (non-hydrogen) atoms. The maximum absolute atomic E-state index is 6.24. The Morgan fingerprint density at radius 1 is 1.29 bits per heavy atom. The van der Waals surface area contributed by atoms with Gasteiger partial charge in [0.15, 0.2) is 0 Å². The van der Waals surface area contributed by atoms with Crippen molar-refractivity contribution in [1.82, 2.24) is 15.1 Å². The number of benzene rings is 1. The molecular weight excluding hydrogens is 286 g/mol. The SMILES string of the molecule is CCc1cc(CNCc2c(Cl)cccc2OC)n(CC)n1. The number of rotatable bonds is 7. The summed E-state index contributed by atoms with van der Waals surface area (Å²) in [4.78, 5) is 0. The quantitative estimate of drug-likeness (QED) is 0.852. The molecule has 0 aliphatic heterocycles. The van der Waals surface area contributed by atoms with E-state index in [2.05, 4.69) is 30.3 Å². The van der Waals surface area contributed by atoms with Crippen LogP contribution in [0.25, 0.3) is 0 Å². The maximum Gasteiger partial charge on any atom is 0.124 e. The molecule has 4 nitrogen and oxygen atoms in total. The van der Waals surface area contributed by atoms with Gasteiger partial charge >= 0.3 is 0 Å². The molecule has 0 aliphatic carbocycles. The van der Waals surface area contributed by atoms with Crippen LogP contribution in [-0.2, 0) is 26.1 Å². The van der Waals surface area contributed by atoms with Gasteiger partial charge in [-0.05, 0) is 31.5 Å². The molecule has 1 aromatic heterocycles. The Labute approximate surface area is 131 Å². The van der Waals surface area contributed by atoms with Gasteiger partial charge in [0.05, 0.1) is 18.5 Å². The average molecular weight is 308 g/mol. The Hall–Kier alpha value is -1.52. The van der Waals surface area contributed by atoms with E-state index in [1.54, 1.807) is 7.11 Å². The summed E-state index contributed by atoms with van der Waals surface area (Å²) in [6.45, 7) is 6.53. The predicted octanol–water partition coefficient (Wildman–Crippen LogP) is 3.42. The first kappa shape index (κ1) is 15.9. The van der Waals surface area contributed by atoms with Crippen molar-refractivity contribution < 1.29 is 4.74 Å². The van der Waals surface area contributed by atoms with Crippen LogP contribution in [0.1, 0.15) is 30.8 Å². The molecule has 0 amide bonds. The molecule has 2 aromatic rings. The van der Waals surface area contributed by atoms with Gasteiger partial charge in [-0.1, -0.05) is 24.6 Å². The second kappa shape index (κ2) is 7.48. The van der Waals surface area contributed by atoms with Gasteiger partial charge in [-0.15, -0.1) is 0 Å².